The first-order valence-corrected chi connectivity index (χ1v) is 14.1. The van der Waals surface area contributed by atoms with Gasteiger partial charge in [0.05, 0.1) is 19.5 Å². The van der Waals surface area contributed by atoms with Crippen LogP contribution in [0.2, 0.25) is 0 Å². The van der Waals surface area contributed by atoms with Gasteiger partial charge in [0, 0.05) is 28.4 Å². The lowest BCUT2D eigenvalue weighted by molar-refractivity contribution is -0.0950. The number of thiol groups is 1. The van der Waals surface area contributed by atoms with E-state index >= 15 is 0 Å². The van der Waals surface area contributed by atoms with Gasteiger partial charge in [-0.3, -0.25) is 18.6 Å². The number of nitrogen functional groups attached to an aromatic ring is 1. The van der Waals surface area contributed by atoms with E-state index in [1.54, 1.807) is 18.5 Å². The van der Waals surface area contributed by atoms with E-state index in [-0.39, 0.29) is 18.2 Å². The molecule has 0 radical (unpaired) electrons. The van der Waals surface area contributed by atoms with E-state index < -0.39 is 38.5 Å². The second-order valence-corrected chi connectivity index (χ2v) is 11.5. The number of pyridine rings is 1. The van der Waals surface area contributed by atoms with Crippen LogP contribution in [0, 0.1) is 0 Å². The largest absolute Gasteiger partial charge is 0.530 e. The first-order chi connectivity index (χ1) is 19.2. The fourth-order valence-electron chi connectivity index (χ4n) is 4.65. The highest BCUT2D eigenvalue weighted by molar-refractivity contribution is 7.80. The number of phosphoric ester groups is 1. The summed E-state index contributed by atoms with van der Waals surface area (Å²) in [6.07, 6.45) is 3.89. The van der Waals surface area contributed by atoms with Gasteiger partial charge in [0.25, 0.3) is 0 Å². The quantitative estimate of drug-likeness (QED) is 0.193. The van der Waals surface area contributed by atoms with Gasteiger partial charge < -0.3 is 25.2 Å². The molecule has 0 aliphatic carbocycles. The second-order valence-electron chi connectivity index (χ2n) is 9.46. The summed E-state index contributed by atoms with van der Waals surface area (Å²) in [5.41, 5.74) is 6.94. The van der Waals surface area contributed by atoms with E-state index in [2.05, 4.69) is 32.6 Å². The van der Waals surface area contributed by atoms with Crippen molar-refractivity contribution in [1.82, 2.24) is 24.5 Å². The molecule has 0 saturated carbocycles. The molecule has 5 atom stereocenters. The molecule has 2 aliphatic heterocycles. The van der Waals surface area contributed by atoms with Gasteiger partial charge in [-0.2, -0.15) is 0 Å². The Morgan fingerprint density at radius 2 is 2.05 bits per heavy atom. The molecule has 0 spiro atoms. The smallest absolute Gasteiger partial charge is 0.404 e. The van der Waals surface area contributed by atoms with Crippen LogP contribution in [-0.2, 0) is 22.9 Å². The zero-order valence-corrected chi connectivity index (χ0v) is 22.9. The standard InChI is InChI=1S/C25H25N6O7PS/c1-25(33)21(32)18(37-24(25)31-13-30-20-22(26)28-12-29-23(20)31)11-36-39(34)35-7-6-17(38-39)15-8-14(9-27-10-15)16-4-2-3-5-19(16)40/h2-6,8-10,12-13,18,21,24,32-33,40H,7,11H2,1H3,(H2,26,28,29)/t18-,21-,24-,25-,39?/m1/s1. The van der Waals surface area contributed by atoms with E-state index in [0.717, 1.165) is 16.0 Å². The highest BCUT2D eigenvalue weighted by Crippen LogP contribution is 2.56. The molecular formula is C25H25N6O7PS. The van der Waals surface area contributed by atoms with Crippen LogP contribution in [0.3, 0.4) is 0 Å². The summed E-state index contributed by atoms with van der Waals surface area (Å²) in [6.45, 7) is 0.947. The van der Waals surface area contributed by atoms with Crippen molar-refractivity contribution in [2.24, 2.45) is 0 Å². The number of nitrogens with two attached hydrogens (primary N) is 1. The molecule has 4 N–H and O–H groups in total. The average molecular weight is 585 g/mol. The van der Waals surface area contributed by atoms with E-state index in [1.807, 2.05) is 30.3 Å². The van der Waals surface area contributed by atoms with Crippen molar-refractivity contribution in [3.63, 3.8) is 0 Å². The Morgan fingerprint density at radius 3 is 2.88 bits per heavy atom. The molecule has 0 bridgehead atoms. The number of aliphatic hydroxyl groups is 2. The van der Waals surface area contributed by atoms with Crippen molar-refractivity contribution < 1.29 is 33.1 Å². The maximum Gasteiger partial charge on any atom is 0.530 e. The number of benzene rings is 1. The molecule has 1 saturated heterocycles. The Kier molecular flexibility index (Phi) is 6.87. The lowest BCUT2D eigenvalue weighted by Gasteiger charge is -2.27. The summed E-state index contributed by atoms with van der Waals surface area (Å²) in [7, 11) is -4.12. The van der Waals surface area contributed by atoms with E-state index in [1.165, 1.54) is 24.1 Å². The maximum absolute atomic E-state index is 13.4. The molecule has 3 aromatic heterocycles. The third kappa shape index (κ3) is 4.77. The number of fused-ring (bicyclic) bond motifs is 1. The van der Waals surface area contributed by atoms with Crippen molar-refractivity contribution in [1.29, 1.82) is 0 Å². The van der Waals surface area contributed by atoms with Crippen LogP contribution in [0.15, 0.2) is 66.4 Å². The van der Waals surface area contributed by atoms with Gasteiger partial charge in [0.2, 0.25) is 0 Å². The number of anilines is 1. The van der Waals surface area contributed by atoms with Crippen LogP contribution in [0.25, 0.3) is 28.0 Å². The first-order valence-electron chi connectivity index (χ1n) is 12.2. The number of aromatic nitrogens is 5. The summed E-state index contributed by atoms with van der Waals surface area (Å²) in [5.74, 6) is 0.423. The number of phosphoric acid groups is 1. The van der Waals surface area contributed by atoms with Gasteiger partial charge >= 0.3 is 7.82 Å². The van der Waals surface area contributed by atoms with Crippen molar-refractivity contribution in [2.75, 3.05) is 18.9 Å². The number of aliphatic hydroxyl groups excluding tert-OH is 1. The number of hydrogen-bond donors (Lipinski definition) is 4. The minimum atomic E-state index is -4.12. The zero-order valence-electron chi connectivity index (χ0n) is 21.1. The average Bonchev–Trinajstić information content (AvgIpc) is 3.47. The molecule has 1 unspecified atom stereocenters. The molecule has 208 valence electrons. The van der Waals surface area contributed by atoms with E-state index in [0.29, 0.717) is 16.7 Å². The number of nitrogens with zero attached hydrogens (tertiary/aromatic N) is 5. The SMILES string of the molecule is C[C@@]1(O)[C@H](O)[C@@H](COP2(=O)OCC=C(c3cncc(-c4ccccc4S)c3)O2)O[C@H]1n1cnc2c(N)ncnc21. The topological polar surface area (TPSA) is 177 Å². The zero-order chi connectivity index (χ0) is 28.1. The van der Waals surface area contributed by atoms with Gasteiger partial charge in [-0.05, 0) is 30.7 Å². The molecule has 1 fully saturated rings. The number of imidazole rings is 1. The number of ether oxygens (including phenoxy) is 1. The molecule has 15 heteroatoms. The predicted octanol–water partition coefficient (Wildman–Crippen LogP) is 2.98. The van der Waals surface area contributed by atoms with Gasteiger partial charge in [-0.25, -0.2) is 19.5 Å². The van der Waals surface area contributed by atoms with Crippen LogP contribution in [0.1, 0.15) is 18.7 Å². The lowest BCUT2D eigenvalue weighted by atomic mass is 9.96. The maximum atomic E-state index is 13.4. The number of rotatable bonds is 6. The summed E-state index contributed by atoms with van der Waals surface area (Å²) in [4.78, 5) is 17.3. The minimum absolute atomic E-state index is 0.0451. The summed E-state index contributed by atoms with van der Waals surface area (Å²) >= 11 is 4.51. The fourth-order valence-corrected chi connectivity index (χ4v) is 6.12. The monoisotopic (exact) mass is 584 g/mol. The van der Waals surface area contributed by atoms with E-state index in [4.69, 9.17) is 24.0 Å². The van der Waals surface area contributed by atoms with Crippen LogP contribution in [-0.4, -0.2) is 65.7 Å². The Bertz CT molecular complexity index is 1660. The van der Waals surface area contributed by atoms with Crippen LogP contribution in [0.5, 0.6) is 0 Å². The molecule has 13 nitrogen and oxygen atoms in total. The predicted molar refractivity (Wildman–Crippen MR) is 146 cm³/mol. The van der Waals surface area contributed by atoms with Crippen molar-refractivity contribution in [3.05, 3.63) is 67.0 Å². The molecule has 1 aromatic carbocycles. The Morgan fingerprint density at radius 1 is 1.25 bits per heavy atom. The van der Waals surface area contributed by atoms with E-state index in [9.17, 15) is 14.8 Å². The lowest BCUT2D eigenvalue weighted by Crippen LogP contribution is -2.44. The summed E-state index contributed by atoms with van der Waals surface area (Å²) in [6, 6.07) is 9.40. The van der Waals surface area contributed by atoms with Gasteiger partial charge in [0.15, 0.2) is 17.7 Å². The Labute approximate surface area is 233 Å². The van der Waals surface area contributed by atoms with Gasteiger partial charge in [-0.15, -0.1) is 12.6 Å². The van der Waals surface area contributed by atoms with Crippen molar-refractivity contribution >= 4 is 43.2 Å². The molecule has 2 aliphatic rings. The summed E-state index contributed by atoms with van der Waals surface area (Å²) in [5, 5.41) is 22.0. The third-order valence-corrected chi connectivity index (χ3v) is 8.48. The highest BCUT2D eigenvalue weighted by Gasteiger charge is 2.54. The molecule has 5 heterocycles. The Balaban J connectivity index is 1.17. The normalized spacial score (nSPS) is 28.4. The van der Waals surface area contributed by atoms with Crippen molar-refractivity contribution in [2.45, 2.75) is 35.9 Å². The molecule has 4 aromatic rings. The Hall–Kier alpha value is -3.36. The molecule has 40 heavy (non-hydrogen) atoms. The third-order valence-electron chi connectivity index (χ3n) is 6.74. The van der Waals surface area contributed by atoms with Crippen molar-refractivity contribution in [3.8, 4) is 11.1 Å². The van der Waals surface area contributed by atoms with Gasteiger partial charge in [-0.1, -0.05) is 18.2 Å². The second kappa shape index (κ2) is 10.2. The summed E-state index contributed by atoms with van der Waals surface area (Å²) < 4.78 is 37.3. The minimum Gasteiger partial charge on any atom is -0.404 e. The van der Waals surface area contributed by atoms with Crippen LogP contribution in [0.4, 0.5) is 5.82 Å². The van der Waals surface area contributed by atoms with Gasteiger partial charge in [0.1, 0.15) is 35.4 Å². The molecule has 0 amide bonds. The molecule has 6 rings (SSSR count). The van der Waals surface area contributed by atoms with Crippen LogP contribution >= 0.6 is 20.5 Å². The molecular weight excluding hydrogens is 559 g/mol. The first kappa shape index (κ1) is 26.8. The van der Waals surface area contributed by atoms with Crippen LogP contribution < -0.4 is 5.73 Å². The number of hydrogen-bond acceptors (Lipinski definition) is 13. The fraction of sp³-hybridized carbons (Fsp3) is 0.280. The highest BCUT2D eigenvalue weighted by atomic mass is 32.1.